The number of piperidine rings is 1. The number of nitrogens with zero attached hydrogens (tertiary/aromatic N) is 4. The summed E-state index contributed by atoms with van der Waals surface area (Å²) in [7, 11) is 2.20. The first-order valence-electron chi connectivity index (χ1n) is 9.78. The first-order chi connectivity index (χ1) is 12.8. The van der Waals surface area contributed by atoms with Gasteiger partial charge in [0.15, 0.2) is 0 Å². The lowest BCUT2D eigenvalue weighted by atomic mass is 10.0. The third-order valence-electron chi connectivity index (χ3n) is 5.62. The maximum atomic E-state index is 4.66. The summed E-state index contributed by atoms with van der Waals surface area (Å²) in [6.45, 7) is 5.61. The number of likely N-dealkylation sites (tertiary alicyclic amines) is 2. The minimum Gasteiger partial charge on any atom is -0.381 e. The van der Waals surface area contributed by atoms with Crippen LogP contribution in [0.5, 0.6) is 0 Å². The minimum atomic E-state index is 0.510. The molecule has 0 saturated carbocycles. The highest BCUT2D eigenvalue weighted by molar-refractivity contribution is 5.42. The molecule has 2 aromatic heterocycles. The third kappa shape index (κ3) is 4.40. The quantitative estimate of drug-likeness (QED) is 0.897. The lowest BCUT2D eigenvalue weighted by Crippen LogP contribution is -2.41. The van der Waals surface area contributed by atoms with Gasteiger partial charge >= 0.3 is 0 Å². The van der Waals surface area contributed by atoms with Gasteiger partial charge in [0.1, 0.15) is 0 Å². The second-order valence-electron chi connectivity index (χ2n) is 7.79. The van der Waals surface area contributed by atoms with Gasteiger partial charge in [-0.05, 0) is 69.2 Å². The van der Waals surface area contributed by atoms with E-state index < -0.39 is 0 Å². The Bertz CT molecular complexity index is 705. The monoisotopic (exact) mass is 351 g/mol. The molecule has 2 fully saturated rings. The van der Waals surface area contributed by atoms with Crippen LogP contribution in [0.15, 0.2) is 42.9 Å². The third-order valence-corrected chi connectivity index (χ3v) is 5.62. The minimum absolute atomic E-state index is 0.510. The van der Waals surface area contributed by atoms with Gasteiger partial charge in [-0.2, -0.15) is 0 Å². The Kier molecular flexibility index (Phi) is 5.46. The zero-order valence-electron chi connectivity index (χ0n) is 15.6. The number of hydrogen-bond donors (Lipinski definition) is 1. The molecule has 0 spiro atoms. The van der Waals surface area contributed by atoms with Crippen LogP contribution >= 0.6 is 0 Å². The van der Waals surface area contributed by atoms with Crippen molar-refractivity contribution in [3.05, 3.63) is 54.1 Å². The predicted octanol–water partition coefficient (Wildman–Crippen LogP) is 2.97. The summed E-state index contributed by atoms with van der Waals surface area (Å²) in [5.74, 6) is 0.599. The number of likely N-dealkylation sites (N-methyl/N-ethyl adjacent to an activating group) is 1. The van der Waals surface area contributed by atoms with E-state index in [1.54, 1.807) is 0 Å². The molecule has 138 valence electrons. The maximum absolute atomic E-state index is 4.66. The van der Waals surface area contributed by atoms with Gasteiger partial charge in [-0.1, -0.05) is 0 Å². The van der Waals surface area contributed by atoms with E-state index in [4.69, 9.17) is 0 Å². The Balaban J connectivity index is 1.36. The second-order valence-corrected chi connectivity index (χ2v) is 7.79. The van der Waals surface area contributed by atoms with E-state index in [2.05, 4.69) is 44.3 Å². The zero-order chi connectivity index (χ0) is 17.8. The van der Waals surface area contributed by atoms with Crippen LogP contribution in [0.3, 0.4) is 0 Å². The Morgan fingerprint density at radius 2 is 1.96 bits per heavy atom. The summed E-state index contributed by atoms with van der Waals surface area (Å²) < 4.78 is 0. The van der Waals surface area contributed by atoms with Crippen LogP contribution in [0, 0.1) is 0 Å². The maximum Gasteiger partial charge on any atom is 0.0451 e. The van der Waals surface area contributed by atoms with Crippen LogP contribution < -0.4 is 5.32 Å². The van der Waals surface area contributed by atoms with E-state index in [9.17, 15) is 0 Å². The Morgan fingerprint density at radius 3 is 2.77 bits per heavy atom. The molecule has 0 aliphatic carbocycles. The molecule has 4 rings (SSSR count). The second kappa shape index (κ2) is 8.14. The van der Waals surface area contributed by atoms with Gasteiger partial charge < -0.3 is 10.2 Å². The first-order valence-corrected chi connectivity index (χ1v) is 9.78. The zero-order valence-corrected chi connectivity index (χ0v) is 15.6. The summed E-state index contributed by atoms with van der Waals surface area (Å²) in [6.07, 6.45) is 9.40. The van der Waals surface area contributed by atoms with Crippen molar-refractivity contribution < 1.29 is 0 Å². The van der Waals surface area contributed by atoms with E-state index in [-0.39, 0.29) is 0 Å². The van der Waals surface area contributed by atoms with Gasteiger partial charge in [0.2, 0.25) is 0 Å². The molecule has 2 atom stereocenters. The number of hydrogen-bond acceptors (Lipinski definition) is 5. The van der Waals surface area contributed by atoms with Crippen molar-refractivity contribution in [3.63, 3.8) is 0 Å². The fraction of sp³-hybridized carbons (Fsp3) is 0.524. The Labute approximate surface area is 156 Å². The van der Waals surface area contributed by atoms with Crippen molar-refractivity contribution in [3.8, 4) is 0 Å². The van der Waals surface area contributed by atoms with Gasteiger partial charge in [-0.25, -0.2) is 0 Å². The lowest BCUT2D eigenvalue weighted by molar-refractivity contribution is 0.208. The highest BCUT2D eigenvalue weighted by Gasteiger charge is 2.23. The molecule has 0 aromatic carbocycles. The van der Waals surface area contributed by atoms with Crippen LogP contribution in [0.1, 0.15) is 36.4 Å². The summed E-state index contributed by atoms with van der Waals surface area (Å²) in [5, 5.41) is 3.66. The number of aromatic nitrogens is 2. The standard InChI is InChI=1S/C21H29N5/c1-25-12-7-18(15-25)21-13-17(4-10-23-21)14-26-11-2-3-20(16-26)24-19-5-8-22-9-6-19/h4-6,8-10,13,18,20H,2-3,7,11-12,14-16H2,1H3,(H,22,24). The predicted molar refractivity (Wildman–Crippen MR) is 105 cm³/mol. The molecule has 2 aliphatic heterocycles. The highest BCUT2D eigenvalue weighted by Crippen LogP contribution is 2.25. The first kappa shape index (κ1) is 17.4. The van der Waals surface area contributed by atoms with Crippen LogP contribution in [0.4, 0.5) is 5.69 Å². The van der Waals surface area contributed by atoms with Crippen molar-refractivity contribution in [1.29, 1.82) is 0 Å². The molecule has 2 unspecified atom stereocenters. The molecule has 0 amide bonds. The lowest BCUT2D eigenvalue weighted by Gasteiger charge is -2.33. The van der Waals surface area contributed by atoms with Crippen LogP contribution in [-0.2, 0) is 6.54 Å². The Morgan fingerprint density at radius 1 is 1.08 bits per heavy atom. The molecule has 2 aromatic rings. The summed E-state index contributed by atoms with van der Waals surface area (Å²) >= 11 is 0. The average molecular weight is 351 g/mol. The van der Waals surface area contributed by atoms with Crippen molar-refractivity contribution in [2.45, 2.75) is 37.8 Å². The summed E-state index contributed by atoms with van der Waals surface area (Å²) in [6, 6.07) is 9.13. The van der Waals surface area contributed by atoms with Crippen LogP contribution in [0.25, 0.3) is 0 Å². The number of anilines is 1. The highest BCUT2D eigenvalue weighted by atomic mass is 15.2. The van der Waals surface area contributed by atoms with Gasteiger partial charge in [-0.15, -0.1) is 0 Å². The molecule has 0 bridgehead atoms. The van der Waals surface area contributed by atoms with Gasteiger partial charge in [0.25, 0.3) is 0 Å². The topological polar surface area (TPSA) is 44.3 Å². The van der Waals surface area contributed by atoms with Gasteiger partial charge in [-0.3, -0.25) is 14.9 Å². The number of pyridine rings is 2. The average Bonchev–Trinajstić information content (AvgIpc) is 3.10. The van der Waals surface area contributed by atoms with E-state index in [0.717, 1.165) is 19.6 Å². The SMILES string of the molecule is CN1CCC(c2cc(CN3CCCC(Nc4ccncc4)C3)ccn2)C1. The molecule has 0 radical (unpaired) electrons. The molecule has 26 heavy (non-hydrogen) atoms. The number of nitrogens with one attached hydrogen (secondary N) is 1. The molecule has 5 nitrogen and oxygen atoms in total. The fourth-order valence-electron chi connectivity index (χ4n) is 4.25. The van der Waals surface area contributed by atoms with Crippen molar-refractivity contribution >= 4 is 5.69 Å². The van der Waals surface area contributed by atoms with Gasteiger partial charge in [0.05, 0.1) is 0 Å². The Hall–Kier alpha value is -1.98. The van der Waals surface area contributed by atoms with Crippen LogP contribution in [-0.4, -0.2) is 59.0 Å². The molecule has 1 N–H and O–H groups in total. The molecular formula is C21H29N5. The van der Waals surface area contributed by atoms with E-state index in [1.165, 1.54) is 49.3 Å². The van der Waals surface area contributed by atoms with Crippen molar-refractivity contribution in [2.24, 2.45) is 0 Å². The van der Waals surface area contributed by atoms with Gasteiger partial charge in [0, 0.05) is 61.6 Å². The molecule has 2 saturated heterocycles. The molecule has 4 heterocycles. The summed E-state index contributed by atoms with van der Waals surface area (Å²) in [4.78, 5) is 13.7. The fourth-order valence-corrected chi connectivity index (χ4v) is 4.25. The number of rotatable bonds is 5. The van der Waals surface area contributed by atoms with E-state index in [0.29, 0.717) is 12.0 Å². The summed E-state index contributed by atoms with van der Waals surface area (Å²) in [5.41, 5.74) is 3.84. The molecule has 5 heteroatoms. The van der Waals surface area contributed by atoms with E-state index in [1.807, 2.05) is 30.7 Å². The smallest absolute Gasteiger partial charge is 0.0451 e. The van der Waals surface area contributed by atoms with Crippen molar-refractivity contribution in [2.75, 3.05) is 38.5 Å². The molecule has 2 aliphatic rings. The van der Waals surface area contributed by atoms with Crippen LogP contribution in [0.2, 0.25) is 0 Å². The van der Waals surface area contributed by atoms with E-state index >= 15 is 0 Å². The van der Waals surface area contributed by atoms with Crippen molar-refractivity contribution in [1.82, 2.24) is 19.8 Å². The molecular weight excluding hydrogens is 322 g/mol. The largest absolute Gasteiger partial charge is 0.381 e. The normalized spacial score (nSPS) is 24.7.